The van der Waals surface area contributed by atoms with Gasteiger partial charge in [-0.05, 0) is 0 Å². The second-order valence-electron chi connectivity index (χ2n) is 36.8. The minimum Gasteiger partial charge on any atom is -1.00 e. The van der Waals surface area contributed by atoms with E-state index in [4.69, 9.17) is 60.3 Å². The van der Waals surface area contributed by atoms with E-state index in [9.17, 15) is 0 Å². The third kappa shape index (κ3) is 62.6. The first-order chi connectivity index (χ1) is 61.7. The molecule has 13 rings (SSSR count). The van der Waals surface area contributed by atoms with Gasteiger partial charge in [-0.3, -0.25) is 152 Å². The van der Waals surface area contributed by atoms with Crippen molar-refractivity contribution < 1.29 is 124 Å². The highest BCUT2D eigenvalue weighted by molar-refractivity contribution is 6.24. The van der Waals surface area contributed by atoms with Crippen LogP contribution in [0, 0.1) is 0 Å². The van der Waals surface area contributed by atoms with E-state index in [1.165, 1.54) is 329 Å². The molecule has 13 heterocycles. The molecule has 0 bridgehead atoms. The van der Waals surface area contributed by atoms with Crippen molar-refractivity contribution in [2.75, 3.05) is 353 Å². The van der Waals surface area contributed by atoms with Crippen LogP contribution < -0.4 is 65.0 Å². The molecule has 0 unspecified atom stereocenters. The van der Waals surface area contributed by atoms with Gasteiger partial charge in [0.15, 0.2) is 0 Å². The lowest BCUT2D eigenvalue weighted by Gasteiger charge is -2.35. The van der Waals surface area contributed by atoms with Gasteiger partial charge in [0, 0.05) is 173 Å². The number of amidine groups is 13. The molecular weight excluding hydrogens is 1710 g/mol. The molecule has 134 heavy (non-hydrogen) atoms. The molecule has 43 heteroatoms. The largest absolute Gasteiger partial charge is 1.00 e. The van der Waals surface area contributed by atoms with Crippen molar-refractivity contribution in [3.63, 3.8) is 0 Å². The summed E-state index contributed by atoms with van der Waals surface area (Å²) < 4.78 is 29.8. The standard InChI is InChI=1S/13C7H15N2.4BO3.FH/c13*1-7-8(2)5-4-6-9(7)3;4*2-1(3)4;/h13*4-6H2,1-3H3;;;;;1H/q13*+1;4*-3;/p-1. The maximum Gasteiger partial charge on any atom is 0.243 e. The molecule has 0 amide bonds. The Bertz CT molecular complexity index is 2880. The number of rotatable bonds is 0. The first-order valence-electron chi connectivity index (χ1n) is 48.0. The van der Waals surface area contributed by atoms with E-state index in [0.717, 1.165) is 0 Å². The molecule has 38 nitrogen and oxygen atoms in total. The maximum atomic E-state index is 8.42. The molecule has 0 saturated heterocycles. The summed E-state index contributed by atoms with van der Waals surface area (Å²) in [5, 5.41) is 101. The summed E-state index contributed by atoms with van der Waals surface area (Å²) >= 11 is 0. The number of nitrogens with zero attached hydrogens (tertiary/aromatic N) is 26. The Morgan fingerprint density at radius 1 is 0.142 bits per heavy atom. The van der Waals surface area contributed by atoms with Crippen LogP contribution in [0.4, 0.5) is 0 Å². The fraction of sp³-hybridized carbons (Fsp3) is 0.857. The fourth-order valence-electron chi connectivity index (χ4n) is 15.1. The predicted octanol–water partition coefficient (Wildman–Crippen LogP) is -13.8. The van der Waals surface area contributed by atoms with Gasteiger partial charge in [0.25, 0.3) is 0 Å². The minimum absolute atomic E-state index is 0. The Kier molecular flexibility index (Phi) is 76.5. The normalized spacial score (nSPS) is 19.1. The van der Waals surface area contributed by atoms with Crippen LogP contribution in [0.25, 0.3) is 0 Å². The van der Waals surface area contributed by atoms with E-state index in [1.807, 2.05) is 0 Å². The average Bonchev–Trinajstić information content (AvgIpc) is 1.01. The number of hydrogen-bond acceptors (Lipinski definition) is 25. The highest BCUT2D eigenvalue weighted by atomic mass is 19.0. The lowest BCUT2D eigenvalue weighted by Crippen LogP contribution is -3.00. The van der Waals surface area contributed by atoms with E-state index in [1.54, 1.807) is 0 Å². The third-order valence-electron chi connectivity index (χ3n) is 27.2. The van der Waals surface area contributed by atoms with Crippen LogP contribution in [0.2, 0.25) is 0 Å². The Balaban J connectivity index is -0.000000442. The summed E-state index contributed by atoms with van der Waals surface area (Å²) in [5.74, 6) is 18.1. The van der Waals surface area contributed by atoms with E-state index < -0.39 is 29.3 Å². The quantitative estimate of drug-likeness (QED) is 0.161. The second-order valence-corrected chi connectivity index (χ2v) is 36.8. The van der Waals surface area contributed by atoms with Crippen LogP contribution in [-0.2, 0) is 0 Å². The molecule has 0 spiro atoms. The summed E-state index contributed by atoms with van der Waals surface area (Å²) in [5.41, 5.74) is 0. The van der Waals surface area contributed by atoms with Crippen molar-refractivity contribution in [3.8, 4) is 0 Å². The summed E-state index contributed by atoms with van der Waals surface area (Å²) in [4.78, 5) is 29.8. The van der Waals surface area contributed by atoms with Gasteiger partial charge in [0.05, 0.1) is 353 Å². The van der Waals surface area contributed by atoms with Gasteiger partial charge in [0.2, 0.25) is 75.9 Å². The Labute approximate surface area is 816 Å². The molecule has 0 fully saturated rings. The van der Waals surface area contributed by atoms with Gasteiger partial charge < -0.3 is 65.0 Å². The smallest absolute Gasteiger partial charge is 0.243 e. The molecule has 0 aromatic heterocycles. The van der Waals surface area contributed by atoms with Crippen molar-refractivity contribution in [2.24, 2.45) is 0 Å². The first kappa shape index (κ1) is 135. The zero-order valence-electron chi connectivity index (χ0n) is 92.3. The molecule has 0 aromatic rings. The Morgan fingerprint density at radius 2 is 0.187 bits per heavy atom. The molecule has 0 N–H and O–H groups in total. The van der Waals surface area contributed by atoms with Crippen molar-refractivity contribution in [2.45, 2.75) is 173 Å². The topological polar surface area (TPSA) is 358 Å². The van der Waals surface area contributed by atoms with Crippen LogP contribution in [0.15, 0.2) is 0 Å². The van der Waals surface area contributed by atoms with Crippen molar-refractivity contribution >= 4 is 105 Å². The van der Waals surface area contributed by atoms with Crippen LogP contribution in [0.3, 0.4) is 0 Å². The van der Waals surface area contributed by atoms with Crippen molar-refractivity contribution in [1.29, 1.82) is 0 Å². The highest BCUT2D eigenvalue weighted by Crippen LogP contribution is 2.07. The van der Waals surface area contributed by atoms with Gasteiger partial charge in [-0.25, -0.2) is 0 Å². The predicted molar refractivity (Wildman–Crippen MR) is 530 cm³/mol. The molecule has 0 aliphatic carbocycles. The Hall–Kier alpha value is -7.18. The molecule has 0 aromatic carbocycles. The van der Waals surface area contributed by atoms with Gasteiger partial charge in [-0.1, -0.05) is 0 Å². The zero-order valence-corrected chi connectivity index (χ0v) is 92.3. The van der Waals surface area contributed by atoms with Crippen LogP contribution >= 0.6 is 0 Å². The van der Waals surface area contributed by atoms with Crippen LogP contribution in [-0.4, -0.2) is 582 Å². The van der Waals surface area contributed by atoms with Crippen LogP contribution in [0.1, 0.15) is 173 Å². The third-order valence-corrected chi connectivity index (χ3v) is 27.2. The zero-order chi connectivity index (χ0) is 103. The lowest BCUT2D eigenvalue weighted by molar-refractivity contribution is -0.508. The van der Waals surface area contributed by atoms with E-state index in [0.29, 0.717) is 0 Å². The number of hydrogen-bond donors (Lipinski definition) is 0. The molecular formula is C91H195B4FN26O12. The van der Waals surface area contributed by atoms with E-state index in [-0.39, 0.29) is 4.70 Å². The molecule has 13 aliphatic heterocycles. The van der Waals surface area contributed by atoms with Gasteiger partial charge in [0.1, 0.15) is 0 Å². The average molecular weight is 1910 g/mol. The molecule has 0 saturated carbocycles. The molecule has 780 valence electrons. The summed E-state index contributed by atoms with van der Waals surface area (Å²) in [6, 6.07) is 0. The summed E-state index contributed by atoms with van der Waals surface area (Å²) in [7, 11) is 44.1. The number of halogens is 1. The summed E-state index contributed by atoms with van der Waals surface area (Å²) in [6.07, 6.45) is 16.8. The molecule has 0 radical (unpaired) electrons. The summed E-state index contributed by atoms with van der Waals surface area (Å²) in [6.45, 7) is 59.8. The van der Waals surface area contributed by atoms with E-state index >= 15 is 0 Å². The SMILES string of the molecule is CC1=[N+](C)CCCN1C.CC1=[N+](C)CCCN1C.CC1=[N+](C)CCCN1C.CC1=[N+](C)CCCN1C.CC1=[N+](C)CCCN1C.CC1=[N+](C)CCCN1C.CC1=[N+](C)CCCN1C.CC1=[N+](C)CCCN1C.CC1=[N+](C)CCCN1C.CC1=[N+](C)CCCN1C.CC1=[N+](C)CCCN1C.CC1=[N+](C)CCCN1C.CC1=[N+](C)CCCN1C.[F-].[O-]B([O-])[O-].[O-]B([O-])[O-].[O-]B([O-])[O-].[O-]B([O-])[O-]. The van der Waals surface area contributed by atoms with Gasteiger partial charge >= 0.3 is 0 Å². The maximum absolute atomic E-state index is 8.42. The van der Waals surface area contributed by atoms with Gasteiger partial charge in [-0.15, -0.1) is 0 Å². The monoisotopic (exact) mass is 1910 g/mol. The fourth-order valence-corrected chi connectivity index (χ4v) is 15.1. The Morgan fingerprint density at radius 3 is 0.216 bits per heavy atom. The molecule has 0 atom stereocenters. The second kappa shape index (κ2) is 75.8. The van der Waals surface area contributed by atoms with E-state index in [2.05, 4.69) is 396 Å². The van der Waals surface area contributed by atoms with Crippen LogP contribution in [0.5, 0.6) is 0 Å². The lowest BCUT2D eigenvalue weighted by atomic mass is 10.3. The van der Waals surface area contributed by atoms with Crippen molar-refractivity contribution in [3.05, 3.63) is 0 Å². The minimum atomic E-state index is -2.92. The first-order valence-corrected chi connectivity index (χ1v) is 48.0. The van der Waals surface area contributed by atoms with Gasteiger partial charge in [-0.2, -0.15) is 0 Å². The highest BCUT2D eigenvalue weighted by Gasteiger charge is 2.25. The van der Waals surface area contributed by atoms with Crippen molar-refractivity contribution in [1.82, 2.24) is 63.7 Å². The molecule has 13 aliphatic rings.